The first-order valence-corrected chi connectivity index (χ1v) is 7.23. The second-order valence-corrected chi connectivity index (χ2v) is 5.24. The molecular formula is C12H22BrNO. The van der Waals surface area contributed by atoms with Gasteiger partial charge in [0, 0.05) is 24.8 Å². The number of nitrogens with zero attached hydrogens (tertiary/aromatic N) is 1. The molecule has 0 spiro atoms. The van der Waals surface area contributed by atoms with Gasteiger partial charge in [-0.05, 0) is 25.2 Å². The number of carbonyl (C=O) groups is 1. The van der Waals surface area contributed by atoms with Crippen LogP contribution in [0.25, 0.3) is 0 Å². The third-order valence-electron chi connectivity index (χ3n) is 3.05. The fourth-order valence-electron chi connectivity index (χ4n) is 2.25. The van der Waals surface area contributed by atoms with Gasteiger partial charge >= 0.3 is 0 Å². The van der Waals surface area contributed by atoms with E-state index in [0.29, 0.717) is 11.8 Å². The van der Waals surface area contributed by atoms with Gasteiger partial charge in [-0.1, -0.05) is 35.7 Å². The minimum Gasteiger partial charge on any atom is -0.342 e. The zero-order valence-electron chi connectivity index (χ0n) is 9.67. The fourth-order valence-corrected chi connectivity index (χ4v) is 2.64. The van der Waals surface area contributed by atoms with E-state index in [1.807, 2.05) is 0 Å². The van der Waals surface area contributed by atoms with Crippen molar-refractivity contribution < 1.29 is 4.79 Å². The smallest absolute Gasteiger partial charge is 0.222 e. The minimum absolute atomic E-state index is 0.382. The molecule has 1 aliphatic heterocycles. The van der Waals surface area contributed by atoms with Crippen LogP contribution in [-0.2, 0) is 4.79 Å². The molecule has 1 rings (SSSR count). The molecule has 1 unspecified atom stereocenters. The molecule has 0 radical (unpaired) electrons. The zero-order valence-corrected chi connectivity index (χ0v) is 11.3. The van der Waals surface area contributed by atoms with Crippen molar-refractivity contribution in [2.24, 2.45) is 5.92 Å². The highest BCUT2D eigenvalue weighted by Crippen LogP contribution is 2.22. The van der Waals surface area contributed by atoms with Gasteiger partial charge in [-0.2, -0.15) is 0 Å². The number of hydrogen-bond acceptors (Lipinski definition) is 1. The third-order valence-corrected chi connectivity index (χ3v) is 3.61. The summed E-state index contributed by atoms with van der Waals surface area (Å²) in [6, 6.07) is 0. The van der Waals surface area contributed by atoms with Gasteiger partial charge in [0.05, 0.1) is 0 Å². The van der Waals surface area contributed by atoms with Crippen molar-refractivity contribution in [1.82, 2.24) is 4.90 Å². The molecule has 88 valence electrons. The molecule has 0 N–H and O–H groups in total. The maximum absolute atomic E-state index is 11.6. The first-order chi connectivity index (χ1) is 7.27. The van der Waals surface area contributed by atoms with E-state index in [1.54, 1.807) is 0 Å². The quantitative estimate of drug-likeness (QED) is 0.516. The molecular weight excluding hydrogens is 254 g/mol. The Morgan fingerprint density at radius 1 is 1.40 bits per heavy atom. The maximum atomic E-state index is 11.6. The fraction of sp³-hybridized carbons (Fsp3) is 0.917. The van der Waals surface area contributed by atoms with Gasteiger partial charge in [-0.25, -0.2) is 0 Å². The lowest BCUT2D eigenvalue weighted by atomic mass is 10.0. The highest BCUT2D eigenvalue weighted by Gasteiger charge is 2.27. The number of carbonyl (C=O) groups excluding carboxylic acids is 1. The summed E-state index contributed by atoms with van der Waals surface area (Å²) in [5.74, 6) is 1.02. The van der Waals surface area contributed by atoms with Gasteiger partial charge in [-0.15, -0.1) is 0 Å². The zero-order chi connectivity index (χ0) is 11.1. The van der Waals surface area contributed by atoms with Crippen molar-refractivity contribution in [3.63, 3.8) is 0 Å². The van der Waals surface area contributed by atoms with Crippen LogP contribution < -0.4 is 0 Å². The van der Waals surface area contributed by atoms with E-state index < -0.39 is 0 Å². The summed E-state index contributed by atoms with van der Waals surface area (Å²) < 4.78 is 0. The Labute approximate surface area is 102 Å². The molecule has 1 saturated heterocycles. The minimum atomic E-state index is 0.382. The van der Waals surface area contributed by atoms with E-state index in [1.165, 1.54) is 25.7 Å². The van der Waals surface area contributed by atoms with E-state index >= 15 is 0 Å². The topological polar surface area (TPSA) is 20.3 Å². The molecule has 0 aromatic heterocycles. The van der Waals surface area contributed by atoms with E-state index in [-0.39, 0.29) is 0 Å². The van der Waals surface area contributed by atoms with Crippen LogP contribution in [0, 0.1) is 5.92 Å². The van der Waals surface area contributed by atoms with Crippen LogP contribution in [0.3, 0.4) is 0 Å². The predicted molar refractivity (Wildman–Crippen MR) is 67.2 cm³/mol. The Morgan fingerprint density at radius 2 is 2.20 bits per heavy atom. The van der Waals surface area contributed by atoms with Crippen molar-refractivity contribution in [3.8, 4) is 0 Å². The van der Waals surface area contributed by atoms with Gasteiger partial charge in [0.25, 0.3) is 0 Å². The number of rotatable bonds is 7. The molecule has 1 atom stereocenters. The Kier molecular flexibility index (Phi) is 6.30. The van der Waals surface area contributed by atoms with Crippen molar-refractivity contribution in [3.05, 3.63) is 0 Å². The summed E-state index contributed by atoms with van der Waals surface area (Å²) >= 11 is 3.42. The van der Waals surface area contributed by atoms with Gasteiger partial charge in [0.1, 0.15) is 0 Å². The van der Waals surface area contributed by atoms with Crippen LogP contribution in [0.1, 0.15) is 45.4 Å². The van der Waals surface area contributed by atoms with Crippen LogP contribution >= 0.6 is 15.9 Å². The van der Waals surface area contributed by atoms with Gasteiger partial charge in [0.2, 0.25) is 5.91 Å². The molecule has 0 aromatic carbocycles. The van der Waals surface area contributed by atoms with Gasteiger partial charge in [-0.3, -0.25) is 4.79 Å². The second kappa shape index (κ2) is 7.26. The summed E-state index contributed by atoms with van der Waals surface area (Å²) in [5.41, 5.74) is 0. The second-order valence-electron chi connectivity index (χ2n) is 4.45. The molecule has 1 fully saturated rings. The van der Waals surface area contributed by atoms with Crippen molar-refractivity contribution >= 4 is 21.8 Å². The lowest BCUT2D eigenvalue weighted by molar-refractivity contribution is -0.127. The van der Waals surface area contributed by atoms with E-state index in [0.717, 1.165) is 31.3 Å². The first-order valence-electron chi connectivity index (χ1n) is 6.11. The standard InChI is InChI=1S/C12H22BrNO/c1-2-6-11-9-12(15)14(10-11)8-5-3-4-7-13/h11H,2-10H2,1H3. The normalized spacial score (nSPS) is 21.3. The Hall–Kier alpha value is -0.0500. The number of hydrogen-bond donors (Lipinski definition) is 0. The highest BCUT2D eigenvalue weighted by atomic mass is 79.9. The maximum Gasteiger partial charge on any atom is 0.222 e. The van der Waals surface area contributed by atoms with E-state index in [9.17, 15) is 4.79 Å². The molecule has 0 bridgehead atoms. The van der Waals surface area contributed by atoms with Crippen molar-refractivity contribution in [1.29, 1.82) is 0 Å². The largest absolute Gasteiger partial charge is 0.342 e. The summed E-state index contributed by atoms with van der Waals surface area (Å²) in [5, 5.41) is 1.08. The lowest BCUT2D eigenvalue weighted by Crippen LogP contribution is -2.26. The molecule has 0 saturated carbocycles. The van der Waals surface area contributed by atoms with Crippen LogP contribution in [0.2, 0.25) is 0 Å². The lowest BCUT2D eigenvalue weighted by Gasteiger charge is -2.16. The number of likely N-dealkylation sites (tertiary alicyclic amines) is 1. The van der Waals surface area contributed by atoms with E-state index in [4.69, 9.17) is 0 Å². The Bertz CT molecular complexity index is 196. The van der Waals surface area contributed by atoms with Crippen molar-refractivity contribution in [2.75, 3.05) is 18.4 Å². The predicted octanol–water partition coefficient (Wildman–Crippen LogP) is 3.20. The van der Waals surface area contributed by atoms with Gasteiger partial charge in [0.15, 0.2) is 0 Å². The van der Waals surface area contributed by atoms with Crippen LogP contribution in [0.15, 0.2) is 0 Å². The van der Waals surface area contributed by atoms with Crippen LogP contribution in [-0.4, -0.2) is 29.2 Å². The molecule has 15 heavy (non-hydrogen) atoms. The first kappa shape index (κ1) is 13.0. The van der Waals surface area contributed by atoms with Crippen LogP contribution in [0.4, 0.5) is 0 Å². The molecule has 3 heteroatoms. The summed E-state index contributed by atoms with van der Waals surface area (Å²) in [7, 11) is 0. The molecule has 1 aliphatic rings. The number of alkyl halides is 1. The number of amides is 1. The SMILES string of the molecule is CCCC1CC(=O)N(CCCCCBr)C1. The molecule has 0 aliphatic carbocycles. The van der Waals surface area contributed by atoms with Crippen molar-refractivity contribution in [2.45, 2.75) is 45.4 Å². The van der Waals surface area contributed by atoms with E-state index in [2.05, 4.69) is 27.8 Å². The monoisotopic (exact) mass is 275 g/mol. The highest BCUT2D eigenvalue weighted by molar-refractivity contribution is 9.09. The van der Waals surface area contributed by atoms with Crippen LogP contribution in [0.5, 0.6) is 0 Å². The average Bonchev–Trinajstić information content (AvgIpc) is 2.55. The third kappa shape index (κ3) is 4.54. The van der Waals surface area contributed by atoms with Gasteiger partial charge < -0.3 is 4.90 Å². The average molecular weight is 276 g/mol. The Balaban J connectivity index is 2.16. The summed E-state index contributed by atoms with van der Waals surface area (Å²) in [6.45, 7) is 4.19. The summed E-state index contributed by atoms with van der Waals surface area (Å²) in [6.07, 6.45) is 6.83. The molecule has 0 aromatic rings. The molecule has 2 nitrogen and oxygen atoms in total. The summed E-state index contributed by atoms with van der Waals surface area (Å²) in [4.78, 5) is 13.7. The number of unbranched alkanes of at least 4 members (excludes halogenated alkanes) is 2. The Morgan fingerprint density at radius 3 is 2.87 bits per heavy atom. The molecule has 1 amide bonds. The molecule has 1 heterocycles. The number of halogens is 1.